The number of carbonyl (C=O) groups is 1. The van der Waals surface area contributed by atoms with Crippen molar-refractivity contribution in [1.29, 1.82) is 0 Å². The zero-order valence-corrected chi connectivity index (χ0v) is 15.7. The Balaban J connectivity index is 1.25. The van der Waals surface area contributed by atoms with E-state index in [1.165, 1.54) is 25.7 Å². The summed E-state index contributed by atoms with van der Waals surface area (Å²) in [5.74, 6) is 1.83. The molecule has 1 saturated carbocycles. The highest BCUT2D eigenvalue weighted by Crippen LogP contribution is 2.29. The molecule has 27 heavy (non-hydrogen) atoms. The molecule has 2 aliphatic rings. The number of hydrogen-bond donors (Lipinski definition) is 0. The molecule has 0 spiro atoms. The number of pyridine rings is 1. The van der Waals surface area contributed by atoms with Gasteiger partial charge in [0, 0.05) is 31.9 Å². The normalized spacial score (nSPS) is 20.3. The lowest BCUT2D eigenvalue weighted by Gasteiger charge is -2.17. The highest BCUT2D eigenvalue weighted by atomic mass is 16.5. The Labute approximate surface area is 159 Å². The van der Waals surface area contributed by atoms with E-state index in [2.05, 4.69) is 15.3 Å². The Hall–Kier alpha value is -2.44. The molecule has 2 aromatic rings. The van der Waals surface area contributed by atoms with Crippen molar-refractivity contribution >= 4 is 5.91 Å². The molecule has 7 nitrogen and oxygen atoms in total. The zero-order chi connectivity index (χ0) is 18.5. The largest absolute Gasteiger partial charge is 0.487 e. The minimum absolute atomic E-state index is 0.211. The Bertz CT molecular complexity index is 742. The van der Waals surface area contributed by atoms with Crippen LogP contribution in [-0.2, 0) is 11.4 Å². The third-order valence-corrected chi connectivity index (χ3v) is 5.73. The van der Waals surface area contributed by atoms with Gasteiger partial charge in [-0.05, 0) is 30.9 Å². The van der Waals surface area contributed by atoms with Crippen LogP contribution in [0.15, 0.2) is 30.7 Å². The first-order chi connectivity index (χ1) is 13.3. The number of rotatable bonds is 7. The molecule has 2 fully saturated rings. The van der Waals surface area contributed by atoms with E-state index in [4.69, 9.17) is 4.74 Å². The number of hydrogen-bond acceptors (Lipinski definition) is 5. The lowest BCUT2D eigenvalue weighted by molar-refractivity contribution is -0.130. The van der Waals surface area contributed by atoms with Gasteiger partial charge >= 0.3 is 0 Å². The van der Waals surface area contributed by atoms with Crippen LogP contribution in [0.4, 0.5) is 0 Å². The van der Waals surface area contributed by atoms with Gasteiger partial charge < -0.3 is 9.64 Å². The van der Waals surface area contributed by atoms with E-state index in [1.54, 1.807) is 12.4 Å². The number of ether oxygens (including phenoxy) is 1. The average molecular weight is 369 g/mol. The summed E-state index contributed by atoms with van der Waals surface area (Å²) in [5.41, 5.74) is 0.790. The number of carbonyl (C=O) groups excluding carboxylic acids is 1. The molecule has 1 aliphatic carbocycles. The third-order valence-electron chi connectivity index (χ3n) is 5.73. The Kier molecular flexibility index (Phi) is 5.65. The van der Waals surface area contributed by atoms with E-state index < -0.39 is 0 Å². The second-order valence-corrected chi connectivity index (χ2v) is 7.63. The van der Waals surface area contributed by atoms with Crippen LogP contribution in [0.25, 0.3) is 0 Å². The van der Waals surface area contributed by atoms with E-state index in [1.807, 2.05) is 27.9 Å². The van der Waals surface area contributed by atoms with E-state index in [0.29, 0.717) is 18.9 Å². The molecular formula is C20H27N5O2. The predicted molar refractivity (Wildman–Crippen MR) is 100 cm³/mol. The summed E-state index contributed by atoms with van der Waals surface area (Å²) in [6.45, 7) is 1.93. The molecule has 1 unspecified atom stereocenters. The summed E-state index contributed by atoms with van der Waals surface area (Å²) >= 11 is 0. The van der Waals surface area contributed by atoms with Crippen molar-refractivity contribution in [1.82, 2.24) is 24.9 Å². The van der Waals surface area contributed by atoms with E-state index in [0.717, 1.165) is 43.3 Å². The lowest BCUT2D eigenvalue weighted by atomic mass is 10.0. The summed E-state index contributed by atoms with van der Waals surface area (Å²) in [6, 6.07) is 3.84. The van der Waals surface area contributed by atoms with Crippen molar-refractivity contribution in [3.63, 3.8) is 0 Å². The highest BCUT2D eigenvalue weighted by Gasteiger charge is 2.28. The van der Waals surface area contributed by atoms with Crippen LogP contribution < -0.4 is 4.74 Å². The summed E-state index contributed by atoms with van der Waals surface area (Å²) in [5, 5.41) is 8.45. The molecule has 1 aliphatic heterocycles. The smallest absolute Gasteiger partial charge is 0.222 e. The standard InChI is InChI=1S/C20H27N5O2/c26-20(6-5-16-3-1-2-4-16)24-12-9-18(14-24)25-13-17(22-23-25)15-27-19-7-10-21-11-8-19/h7-8,10-11,13,16,18H,1-6,9,12,14-15H2. The Morgan fingerprint density at radius 1 is 1.19 bits per heavy atom. The highest BCUT2D eigenvalue weighted by molar-refractivity contribution is 5.76. The molecule has 0 bridgehead atoms. The van der Waals surface area contributed by atoms with Gasteiger partial charge in [0.1, 0.15) is 18.1 Å². The van der Waals surface area contributed by atoms with E-state index in [-0.39, 0.29) is 6.04 Å². The lowest BCUT2D eigenvalue weighted by Crippen LogP contribution is -2.29. The predicted octanol–water partition coefficient (Wildman–Crippen LogP) is 3.00. The molecule has 4 rings (SSSR count). The molecule has 7 heteroatoms. The van der Waals surface area contributed by atoms with Gasteiger partial charge in [-0.1, -0.05) is 30.9 Å². The second-order valence-electron chi connectivity index (χ2n) is 7.63. The van der Waals surface area contributed by atoms with E-state index in [9.17, 15) is 4.79 Å². The Morgan fingerprint density at radius 3 is 2.81 bits per heavy atom. The van der Waals surface area contributed by atoms with Crippen molar-refractivity contribution in [3.05, 3.63) is 36.4 Å². The van der Waals surface area contributed by atoms with Gasteiger partial charge in [-0.2, -0.15) is 0 Å². The molecule has 1 atom stereocenters. The molecule has 0 N–H and O–H groups in total. The SMILES string of the molecule is O=C(CCC1CCCC1)N1CCC(n2cc(COc3ccncc3)nn2)C1. The summed E-state index contributed by atoms with van der Waals surface area (Å²) < 4.78 is 7.57. The zero-order valence-electron chi connectivity index (χ0n) is 15.7. The molecule has 0 aromatic carbocycles. The summed E-state index contributed by atoms with van der Waals surface area (Å²) in [4.78, 5) is 18.5. The fourth-order valence-electron chi connectivity index (χ4n) is 4.12. The number of aromatic nitrogens is 4. The quantitative estimate of drug-likeness (QED) is 0.750. The first-order valence-electron chi connectivity index (χ1n) is 9.99. The number of amides is 1. The van der Waals surface area contributed by atoms with Crippen molar-refractivity contribution in [3.8, 4) is 5.75 Å². The van der Waals surface area contributed by atoms with Crippen LogP contribution in [0.1, 0.15) is 56.7 Å². The first-order valence-corrected chi connectivity index (χ1v) is 9.99. The second kappa shape index (κ2) is 8.50. The molecule has 0 radical (unpaired) electrons. The number of likely N-dealkylation sites (tertiary alicyclic amines) is 1. The Morgan fingerprint density at radius 2 is 2.00 bits per heavy atom. The molecule has 1 saturated heterocycles. The molecule has 2 aromatic heterocycles. The van der Waals surface area contributed by atoms with Gasteiger partial charge in [-0.15, -0.1) is 5.10 Å². The van der Waals surface area contributed by atoms with Crippen LogP contribution >= 0.6 is 0 Å². The van der Waals surface area contributed by atoms with Gasteiger partial charge in [0.05, 0.1) is 12.2 Å². The van der Waals surface area contributed by atoms with Crippen LogP contribution in [-0.4, -0.2) is 43.9 Å². The fraction of sp³-hybridized carbons (Fsp3) is 0.600. The minimum Gasteiger partial charge on any atom is -0.487 e. The summed E-state index contributed by atoms with van der Waals surface area (Å²) in [6.07, 6.45) is 13.3. The van der Waals surface area contributed by atoms with Gasteiger partial charge in [-0.25, -0.2) is 4.68 Å². The third kappa shape index (κ3) is 4.64. The van der Waals surface area contributed by atoms with Crippen LogP contribution in [0.2, 0.25) is 0 Å². The fourth-order valence-corrected chi connectivity index (χ4v) is 4.12. The number of nitrogens with zero attached hydrogens (tertiary/aromatic N) is 5. The van der Waals surface area contributed by atoms with Gasteiger partial charge in [0.2, 0.25) is 5.91 Å². The molecule has 1 amide bonds. The maximum atomic E-state index is 12.5. The van der Waals surface area contributed by atoms with Crippen molar-refractivity contribution in [2.24, 2.45) is 5.92 Å². The molecule has 3 heterocycles. The summed E-state index contributed by atoms with van der Waals surface area (Å²) in [7, 11) is 0. The van der Waals surface area contributed by atoms with Gasteiger partial charge in [0.25, 0.3) is 0 Å². The average Bonchev–Trinajstić information content (AvgIpc) is 3.46. The monoisotopic (exact) mass is 369 g/mol. The molecular weight excluding hydrogens is 342 g/mol. The minimum atomic E-state index is 0.211. The van der Waals surface area contributed by atoms with Crippen molar-refractivity contribution < 1.29 is 9.53 Å². The first kappa shape index (κ1) is 17.9. The van der Waals surface area contributed by atoms with Crippen molar-refractivity contribution in [2.75, 3.05) is 13.1 Å². The molecule has 144 valence electrons. The maximum absolute atomic E-state index is 12.5. The van der Waals surface area contributed by atoms with Gasteiger partial charge in [0.15, 0.2) is 0 Å². The van der Waals surface area contributed by atoms with Gasteiger partial charge in [-0.3, -0.25) is 9.78 Å². The topological polar surface area (TPSA) is 73.1 Å². The van der Waals surface area contributed by atoms with Crippen LogP contribution in [0.5, 0.6) is 5.75 Å². The van der Waals surface area contributed by atoms with Crippen LogP contribution in [0.3, 0.4) is 0 Å². The van der Waals surface area contributed by atoms with Crippen LogP contribution in [0, 0.1) is 5.92 Å². The van der Waals surface area contributed by atoms with E-state index >= 15 is 0 Å². The van der Waals surface area contributed by atoms with Crippen molar-refractivity contribution in [2.45, 2.75) is 57.6 Å². The maximum Gasteiger partial charge on any atom is 0.222 e.